The summed E-state index contributed by atoms with van der Waals surface area (Å²) in [6.07, 6.45) is 2.31. The van der Waals surface area contributed by atoms with Crippen molar-refractivity contribution in [2.75, 3.05) is 32.8 Å². The fourth-order valence-electron chi connectivity index (χ4n) is 2.52. The Balaban J connectivity index is 2.66. The van der Waals surface area contributed by atoms with E-state index < -0.39 is 0 Å². The topological polar surface area (TPSA) is 24.5 Å². The molecule has 1 atom stereocenters. The van der Waals surface area contributed by atoms with Gasteiger partial charge in [-0.1, -0.05) is 32.9 Å². The number of nitrogens with zero attached hydrogens (tertiary/aromatic N) is 1. The van der Waals surface area contributed by atoms with Gasteiger partial charge >= 0.3 is 0 Å². The molecule has 1 aromatic rings. The first-order chi connectivity index (χ1) is 10.2. The molecule has 3 heteroatoms. The molecule has 0 radical (unpaired) electrons. The first-order valence-corrected chi connectivity index (χ1v) is 8.43. The van der Waals surface area contributed by atoms with Crippen LogP contribution in [0, 0.1) is 0 Å². The van der Waals surface area contributed by atoms with Crippen LogP contribution in [0.15, 0.2) is 24.3 Å². The molecule has 0 aromatic heterocycles. The van der Waals surface area contributed by atoms with E-state index in [1.165, 1.54) is 12.0 Å². The first-order valence-electron chi connectivity index (χ1n) is 8.43. The molecule has 0 saturated carbocycles. The van der Waals surface area contributed by atoms with Crippen molar-refractivity contribution in [3.63, 3.8) is 0 Å². The van der Waals surface area contributed by atoms with Gasteiger partial charge in [0, 0.05) is 6.04 Å². The lowest BCUT2D eigenvalue weighted by Crippen LogP contribution is -2.29. The number of ether oxygens (including phenoxy) is 1. The van der Waals surface area contributed by atoms with E-state index in [9.17, 15) is 0 Å². The monoisotopic (exact) mass is 292 g/mol. The third-order valence-electron chi connectivity index (χ3n) is 3.86. The molecule has 3 nitrogen and oxygen atoms in total. The van der Waals surface area contributed by atoms with Crippen molar-refractivity contribution in [2.24, 2.45) is 0 Å². The highest BCUT2D eigenvalue weighted by molar-refractivity contribution is 5.29. The molecule has 1 unspecified atom stereocenters. The number of nitrogens with one attached hydrogen (secondary N) is 1. The zero-order valence-corrected chi connectivity index (χ0v) is 14.2. The third-order valence-corrected chi connectivity index (χ3v) is 3.86. The summed E-state index contributed by atoms with van der Waals surface area (Å²) < 4.78 is 5.53. The molecule has 0 aliphatic carbocycles. The van der Waals surface area contributed by atoms with Crippen LogP contribution in [0.5, 0.6) is 5.75 Å². The lowest BCUT2D eigenvalue weighted by atomic mass is 10.0. The minimum Gasteiger partial charge on any atom is -0.494 e. The van der Waals surface area contributed by atoms with E-state index in [4.69, 9.17) is 4.74 Å². The fraction of sp³-hybridized carbons (Fsp3) is 0.667. The lowest BCUT2D eigenvalue weighted by molar-refractivity contribution is 0.281. The molecular weight excluding hydrogens is 260 g/mol. The first kappa shape index (κ1) is 18.0. The van der Waals surface area contributed by atoms with Crippen LogP contribution in [0.2, 0.25) is 0 Å². The van der Waals surface area contributed by atoms with Crippen molar-refractivity contribution in [3.05, 3.63) is 29.8 Å². The normalized spacial score (nSPS) is 12.6. The quantitative estimate of drug-likeness (QED) is 0.670. The van der Waals surface area contributed by atoms with E-state index >= 15 is 0 Å². The van der Waals surface area contributed by atoms with E-state index in [2.05, 4.69) is 55.3 Å². The van der Waals surface area contributed by atoms with Gasteiger partial charge in [0.15, 0.2) is 0 Å². The molecule has 0 saturated heterocycles. The number of hydrogen-bond donors (Lipinski definition) is 1. The SMILES string of the molecule is CCCNC(CCN(CC)CC)c1ccc(OCC)cc1. The summed E-state index contributed by atoms with van der Waals surface area (Å²) in [4.78, 5) is 2.48. The second-order valence-corrected chi connectivity index (χ2v) is 5.32. The van der Waals surface area contributed by atoms with E-state index in [1.807, 2.05) is 6.92 Å². The number of rotatable bonds is 11. The average Bonchev–Trinajstić information content (AvgIpc) is 2.52. The summed E-state index contributed by atoms with van der Waals surface area (Å²) >= 11 is 0. The van der Waals surface area contributed by atoms with Crippen LogP contribution in [0.3, 0.4) is 0 Å². The van der Waals surface area contributed by atoms with Gasteiger partial charge in [-0.05, 0) is 63.6 Å². The second kappa shape index (κ2) is 10.6. The Hall–Kier alpha value is -1.06. The molecule has 120 valence electrons. The van der Waals surface area contributed by atoms with Crippen molar-refractivity contribution in [1.82, 2.24) is 10.2 Å². The molecule has 0 spiro atoms. The third kappa shape index (κ3) is 6.49. The largest absolute Gasteiger partial charge is 0.494 e. The van der Waals surface area contributed by atoms with Gasteiger partial charge in [-0.15, -0.1) is 0 Å². The van der Waals surface area contributed by atoms with Gasteiger partial charge in [-0.25, -0.2) is 0 Å². The predicted molar refractivity (Wildman–Crippen MR) is 91.1 cm³/mol. The predicted octanol–water partition coefficient (Wildman–Crippen LogP) is 3.86. The molecule has 1 N–H and O–H groups in total. The average molecular weight is 292 g/mol. The molecule has 0 fully saturated rings. The summed E-state index contributed by atoms with van der Waals surface area (Å²) in [6, 6.07) is 8.98. The summed E-state index contributed by atoms with van der Waals surface area (Å²) in [5, 5.41) is 3.67. The van der Waals surface area contributed by atoms with Gasteiger partial charge in [0.25, 0.3) is 0 Å². The highest BCUT2D eigenvalue weighted by atomic mass is 16.5. The van der Waals surface area contributed by atoms with Crippen LogP contribution in [-0.4, -0.2) is 37.7 Å². The molecule has 0 aliphatic rings. The fourth-order valence-corrected chi connectivity index (χ4v) is 2.52. The Morgan fingerprint density at radius 1 is 1.05 bits per heavy atom. The Morgan fingerprint density at radius 2 is 1.71 bits per heavy atom. The van der Waals surface area contributed by atoms with Crippen LogP contribution >= 0.6 is 0 Å². The Morgan fingerprint density at radius 3 is 2.24 bits per heavy atom. The van der Waals surface area contributed by atoms with Gasteiger partial charge in [0.2, 0.25) is 0 Å². The second-order valence-electron chi connectivity index (χ2n) is 5.32. The molecule has 0 heterocycles. The van der Waals surface area contributed by atoms with E-state index in [-0.39, 0.29) is 0 Å². The van der Waals surface area contributed by atoms with Crippen molar-refractivity contribution < 1.29 is 4.74 Å². The molecule has 1 aromatic carbocycles. The number of hydrogen-bond acceptors (Lipinski definition) is 3. The molecule has 0 aliphatic heterocycles. The van der Waals surface area contributed by atoms with Gasteiger partial charge in [0.1, 0.15) is 5.75 Å². The van der Waals surface area contributed by atoms with Gasteiger partial charge < -0.3 is 15.0 Å². The van der Waals surface area contributed by atoms with Crippen LogP contribution in [-0.2, 0) is 0 Å². The van der Waals surface area contributed by atoms with Crippen LogP contribution in [0.4, 0.5) is 0 Å². The van der Waals surface area contributed by atoms with Crippen molar-refractivity contribution in [3.8, 4) is 5.75 Å². The van der Waals surface area contributed by atoms with E-state index in [0.717, 1.165) is 45.0 Å². The van der Waals surface area contributed by atoms with Gasteiger partial charge in [-0.3, -0.25) is 0 Å². The summed E-state index contributed by atoms with van der Waals surface area (Å²) in [6.45, 7) is 13.9. The van der Waals surface area contributed by atoms with E-state index in [0.29, 0.717) is 6.04 Å². The highest BCUT2D eigenvalue weighted by Gasteiger charge is 2.12. The van der Waals surface area contributed by atoms with E-state index in [1.54, 1.807) is 0 Å². The maximum Gasteiger partial charge on any atom is 0.119 e. The zero-order valence-electron chi connectivity index (χ0n) is 14.2. The van der Waals surface area contributed by atoms with Crippen LogP contribution in [0.25, 0.3) is 0 Å². The summed E-state index contributed by atoms with van der Waals surface area (Å²) in [7, 11) is 0. The Labute approximate surface area is 130 Å². The maximum absolute atomic E-state index is 5.53. The van der Waals surface area contributed by atoms with Crippen molar-refractivity contribution >= 4 is 0 Å². The number of benzene rings is 1. The van der Waals surface area contributed by atoms with Crippen LogP contribution in [0.1, 0.15) is 52.1 Å². The van der Waals surface area contributed by atoms with Gasteiger partial charge in [-0.2, -0.15) is 0 Å². The summed E-state index contributed by atoms with van der Waals surface area (Å²) in [5.41, 5.74) is 1.36. The van der Waals surface area contributed by atoms with Crippen LogP contribution < -0.4 is 10.1 Å². The molecule has 0 bridgehead atoms. The smallest absolute Gasteiger partial charge is 0.119 e. The van der Waals surface area contributed by atoms with Crippen molar-refractivity contribution in [1.29, 1.82) is 0 Å². The summed E-state index contributed by atoms with van der Waals surface area (Å²) in [5.74, 6) is 0.958. The minimum absolute atomic E-state index is 0.432. The molecule has 1 rings (SSSR count). The minimum atomic E-state index is 0.432. The Kier molecular flexibility index (Phi) is 9.11. The standard InChI is InChI=1S/C18H32N2O/c1-5-14-19-18(13-15-20(6-2)7-3)16-9-11-17(12-10-16)21-8-4/h9-12,18-19H,5-8,13-15H2,1-4H3. The lowest BCUT2D eigenvalue weighted by Gasteiger charge is -2.24. The van der Waals surface area contributed by atoms with Gasteiger partial charge in [0.05, 0.1) is 6.61 Å². The molecular formula is C18H32N2O. The Bertz CT molecular complexity index is 360. The highest BCUT2D eigenvalue weighted by Crippen LogP contribution is 2.21. The zero-order chi connectivity index (χ0) is 15.5. The molecule has 0 amide bonds. The van der Waals surface area contributed by atoms with Crippen molar-refractivity contribution in [2.45, 2.75) is 46.6 Å². The molecule has 21 heavy (non-hydrogen) atoms. The maximum atomic E-state index is 5.53.